The summed E-state index contributed by atoms with van der Waals surface area (Å²) >= 11 is 2.96. The topological polar surface area (TPSA) is 17.1 Å². The average molecular weight is 365 g/mol. The van der Waals surface area contributed by atoms with Crippen LogP contribution in [0.2, 0.25) is 0 Å². The summed E-state index contributed by atoms with van der Waals surface area (Å²) in [6.45, 7) is 0. The lowest BCUT2D eigenvalue weighted by Crippen LogP contribution is -2.11. The molecule has 0 atom stereocenters. The molecule has 2 rings (SSSR count). The lowest BCUT2D eigenvalue weighted by atomic mass is 10.0. The van der Waals surface area contributed by atoms with Crippen LogP contribution in [0.1, 0.15) is 21.5 Å². The molecule has 0 aromatic heterocycles. The van der Waals surface area contributed by atoms with Crippen molar-refractivity contribution in [3.63, 3.8) is 0 Å². The SMILES string of the molecule is O=C(c1ccc(F)c(C(F)(F)F)c1)c1ccc(F)cc1Br. The predicted molar refractivity (Wildman–Crippen MR) is 68.9 cm³/mol. The van der Waals surface area contributed by atoms with E-state index in [1.165, 1.54) is 0 Å². The summed E-state index contributed by atoms with van der Waals surface area (Å²) in [6.07, 6.45) is -4.90. The fraction of sp³-hybridized carbons (Fsp3) is 0.0714. The number of benzene rings is 2. The lowest BCUT2D eigenvalue weighted by Gasteiger charge is -2.10. The minimum absolute atomic E-state index is 0.0175. The molecule has 0 saturated heterocycles. The van der Waals surface area contributed by atoms with Crippen LogP contribution in [0.4, 0.5) is 22.0 Å². The summed E-state index contributed by atoms with van der Waals surface area (Å²) in [6, 6.07) is 5.12. The van der Waals surface area contributed by atoms with Crippen LogP contribution in [0.5, 0.6) is 0 Å². The summed E-state index contributed by atoms with van der Waals surface area (Å²) < 4.78 is 64.1. The molecule has 21 heavy (non-hydrogen) atoms. The van der Waals surface area contributed by atoms with Crippen LogP contribution in [0, 0.1) is 11.6 Å². The van der Waals surface area contributed by atoms with E-state index in [-0.39, 0.29) is 15.6 Å². The third-order valence-corrected chi connectivity index (χ3v) is 3.37. The van der Waals surface area contributed by atoms with E-state index in [9.17, 15) is 26.7 Å². The number of alkyl halides is 3. The van der Waals surface area contributed by atoms with Crippen molar-refractivity contribution in [2.75, 3.05) is 0 Å². The van der Waals surface area contributed by atoms with Crippen LogP contribution >= 0.6 is 15.9 Å². The summed E-state index contributed by atoms with van der Waals surface area (Å²) in [5.74, 6) is -2.84. The van der Waals surface area contributed by atoms with Crippen molar-refractivity contribution in [3.05, 3.63) is 69.2 Å². The van der Waals surface area contributed by atoms with E-state index in [0.717, 1.165) is 24.3 Å². The quantitative estimate of drug-likeness (QED) is 0.542. The highest BCUT2D eigenvalue weighted by Crippen LogP contribution is 2.32. The van der Waals surface area contributed by atoms with Crippen LogP contribution in [-0.4, -0.2) is 5.78 Å². The fourth-order valence-corrected chi connectivity index (χ4v) is 2.24. The molecular weight excluding hydrogens is 359 g/mol. The molecule has 0 fully saturated rings. The molecule has 110 valence electrons. The molecule has 0 saturated carbocycles. The number of hydrogen-bond donors (Lipinski definition) is 0. The van der Waals surface area contributed by atoms with Gasteiger partial charge in [-0.1, -0.05) is 0 Å². The van der Waals surface area contributed by atoms with E-state index in [2.05, 4.69) is 15.9 Å². The van der Waals surface area contributed by atoms with Gasteiger partial charge in [0.2, 0.25) is 0 Å². The van der Waals surface area contributed by atoms with Crippen molar-refractivity contribution in [2.45, 2.75) is 6.18 Å². The van der Waals surface area contributed by atoms with Crippen molar-refractivity contribution >= 4 is 21.7 Å². The summed E-state index contributed by atoms with van der Waals surface area (Å²) in [5.41, 5.74) is -1.88. The average Bonchev–Trinajstić information content (AvgIpc) is 2.37. The minimum atomic E-state index is -4.90. The molecule has 7 heteroatoms. The first-order chi connectivity index (χ1) is 9.70. The normalized spacial score (nSPS) is 11.5. The van der Waals surface area contributed by atoms with Gasteiger partial charge in [0.25, 0.3) is 0 Å². The molecule has 2 aromatic carbocycles. The van der Waals surface area contributed by atoms with Gasteiger partial charge in [0.1, 0.15) is 11.6 Å². The van der Waals surface area contributed by atoms with Crippen LogP contribution in [0.25, 0.3) is 0 Å². The maximum Gasteiger partial charge on any atom is 0.419 e. The highest BCUT2D eigenvalue weighted by atomic mass is 79.9. The molecular formula is C14H6BrF5O. The summed E-state index contributed by atoms with van der Waals surface area (Å²) in [7, 11) is 0. The summed E-state index contributed by atoms with van der Waals surface area (Å²) in [5, 5.41) is 0. The number of halogens is 6. The molecule has 0 aliphatic carbocycles. The van der Waals surface area contributed by atoms with E-state index in [1.54, 1.807) is 0 Å². The Morgan fingerprint density at radius 2 is 1.67 bits per heavy atom. The van der Waals surface area contributed by atoms with Crippen LogP contribution < -0.4 is 0 Å². The Hall–Kier alpha value is -1.76. The van der Waals surface area contributed by atoms with Gasteiger partial charge in [0.15, 0.2) is 5.78 Å². The lowest BCUT2D eigenvalue weighted by molar-refractivity contribution is -0.140. The van der Waals surface area contributed by atoms with Gasteiger partial charge in [-0.2, -0.15) is 13.2 Å². The molecule has 0 aliphatic heterocycles. The minimum Gasteiger partial charge on any atom is -0.289 e. The Morgan fingerprint density at radius 1 is 1.00 bits per heavy atom. The van der Waals surface area contributed by atoms with Crippen molar-refractivity contribution in [1.29, 1.82) is 0 Å². The molecule has 0 bridgehead atoms. The zero-order valence-electron chi connectivity index (χ0n) is 10.1. The molecule has 1 nitrogen and oxygen atoms in total. The van der Waals surface area contributed by atoms with Crippen LogP contribution in [-0.2, 0) is 6.18 Å². The number of rotatable bonds is 2. The van der Waals surface area contributed by atoms with E-state index in [4.69, 9.17) is 0 Å². The Kier molecular flexibility index (Phi) is 4.13. The van der Waals surface area contributed by atoms with Gasteiger partial charge in [-0.25, -0.2) is 8.78 Å². The van der Waals surface area contributed by atoms with Crippen LogP contribution in [0.3, 0.4) is 0 Å². The summed E-state index contributed by atoms with van der Waals surface area (Å²) in [4.78, 5) is 12.1. The zero-order valence-corrected chi connectivity index (χ0v) is 11.7. The maximum absolute atomic E-state index is 13.2. The Labute approximate surface area is 124 Å². The van der Waals surface area contributed by atoms with Crippen molar-refractivity contribution in [3.8, 4) is 0 Å². The zero-order chi connectivity index (χ0) is 15.8. The Balaban J connectivity index is 2.49. The molecule has 0 aliphatic rings. The highest BCUT2D eigenvalue weighted by Gasteiger charge is 2.34. The molecule has 0 unspecified atom stereocenters. The first-order valence-electron chi connectivity index (χ1n) is 5.56. The number of hydrogen-bond acceptors (Lipinski definition) is 1. The largest absolute Gasteiger partial charge is 0.419 e. The third-order valence-electron chi connectivity index (χ3n) is 2.71. The first-order valence-corrected chi connectivity index (χ1v) is 6.36. The second-order valence-electron chi connectivity index (χ2n) is 4.15. The van der Waals surface area contributed by atoms with E-state index < -0.39 is 29.2 Å². The van der Waals surface area contributed by atoms with Gasteiger partial charge in [-0.05, 0) is 52.3 Å². The van der Waals surface area contributed by atoms with Gasteiger partial charge in [-0.15, -0.1) is 0 Å². The van der Waals surface area contributed by atoms with Crippen molar-refractivity contribution in [1.82, 2.24) is 0 Å². The van der Waals surface area contributed by atoms with E-state index in [1.807, 2.05) is 0 Å². The van der Waals surface area contributed by atoms with Crippen LogP contribution in [0.15, 0.2) is 40.9 Å². The number of ketones is 1. The molecule has 2 aromatic rings. The monoisotopic (exact) mass is 364 g/mol. The molecule has 0 radical (unpaired) electrons. The molecule has 0 heterocycles. The Bertz CT molecular complexity index is 709. The molecule has 0 N–H and O–H groups in total. The smallest absolute Gasteiger partial charge is 0.289 e. The van der Waals surface area contributed by atoms with Gasteiger partial charge < -0.3 is 0 Å². The number of carbonyl (C=O) groups is 1. The second kappa shape index (κ2) is 5.55. The first kappa shape index (κ1) is 15.6. The van der Waals surface area contributed by atoms with Gasteiger partial charge in [-0.3, -0.25) is 4.79 Å². The molecule has 0 spiro atoms. The van der Waals surface area contributed by atoms with Gasteiger partial charge in [0.05, 0.1) is 5.56 Å². The van der Waals surface area contributed by atoms with E-state index >= 15 is 0 Å². The maximum atomic E-state index is 13.2. The standard InChI is InChI=1S/C14H6BrF5O/c15-11-6-8(16)2-3-9(11)13(21)7-1-4-12(17)10(5-7)14(18,19)20/h1-6H. The second-order valence-corrected chi connectivity index (χ2v) is 5.00. The van der Waals surface area contributed by atoms with Gasteiger partial charge >= 0.3 is 6.18 Å². The Morgan fingerprint density at radius 3 is 2.24 bits per heavy atom. The van der Waals surface area contributed by atoms with E-state index in [0.29, 0.717) is 12.1 Å². The fourth-order valence-electron chi connectivity index (χ4n) is 1.71. The van der Waals surface area contributed by atoms with Gasteiger partial charge in [0, 0.05) is 15.6 Å². The highest BCUT2D eigenvalue weighted by molar-refractivity contribution is 9.10. The van der Waals surface area contributed by atoms with Crippen molar-refractivity contribution < 1.29 is 26.7 Å². The predicted octanol–water partition coefficient (Wildman–Crippen LogP) is 4.98. The van der Waals surface area contributed by atoms with Crippen molar-refractivity contribution in [2.24, 2.45) is 0 Å². The number of carbonyl (C=O) groups excluding carboxylic acids is 1. The third kappa shape index (κ3) is 3.29. The molecule has 0 amide bonds.